The molecule has 2 N–H and O–H groups in total. The molecule has 46 heavy (non-hydrogen) atoms. The second-order valence-electron chi connectivity index (χ2n) is 12.3. The van der Waals surface area contributed by atoms with Crippen molar-refractivity contribution in [2.24, 2.45) is 5.92 Å². The first kappa shape index (κ1) is 35.3. The fourth-order valence-electron chi connectivity index (χ4n) is 5.68. The lowest BCUT2D eigenvalue weighted by Crippen LogP contribution is -2.47. The summed E-state index contributed by atoms with van der Waals surface area (Å²) < 4.78 is 46.9. The maximum Gasteiger partial charge on any atom is 0.267 e. The first-order chi connectivity index (χ1) is 21.9. The Kier molecular flexibility index (Phi) is 12.2. The van der Waals surface area contributed by atoms with Crippen molar-refractivity contribution in [3.05, 3.63) is 65.3 Å². The molecule has 4 atom stereocenters. The number of sulfonamides is 1. The molecular formula is C33H47N5O7S. The molecule has 12 nitrogen and oxygen atoms in total. The van der Waals surface area contributed by atoms with Crippen LogP contribution >= 0.6 is 0 Å². The number of carbonyl (C=O) groups excluding carboxylic acids is 1. The van der Waals surface area contributed by atoms with E-state index in [4.69, 9.17) is 14.0 Å². The maximum absolute atomic E-state index is 14.4. The first-order valence-electron chi connectivity index (χ1n) is 15.8. The maximum atomic E-state index is 14.4. The van der Waals surface area contributed by atoms with Crippen LogP contribution in [-0.2, 0) is 21.3 Å². The van der Waals surface area contributed by atoms with Crippen molar-refractivity contribution in [1.29, 1.82) is 0 Å². The van der Waals surface area contributed by atoms with E-state index in [0.717, 1.165) is 31.4 Å². The van der Waals surface area contributed by atoms with E-state index in [1.807, 2.05) is 26.1 Å². The second-order valence-corrected chi connectivity index (χ2v) is 13.9. The van der Waals surface area contributed by atoms with Gasteiger partial charge in [0.05, 0.1) is 30.4 Å². The molecule has 0 aliphatic carbocycles. The highest BCUT2D eigenvalue weighted by Crippen LogP contribution is 2.30. The normalized spacial score (nSPS) is 20.9. The molecular weight excluding hydrogens is 610 g/mol. The minimum Gasteiger partial charge on any atom is -0.490 e. The highest BCUT2D eigenvalue weighted by atomic mass is 32.2. The summed E-state index contributed by atoms with van der Waals surface area (Å²) in [5, 5.41) is 14.0. The van der Waals surface area contributed by atoms with Gasteiger partial charge in [-0.3, -0.25) is 19.4 Å². The fourth-order valence-corrected chi connectivity index (χ4v) is 7.07. The Hall–Kier alpha value is -3.52. The number of nitrogens with one attached hydrogen (secondary N) is 1. The Labute approximate surface area is 272 Å². The molecule has 0 unspecified atom stereocenters. The number of anilines is 1. The summed E-state index contributed by atoms with van der Waals surface area (Å²) in [7, 11) is -2.01. The zero-order valence-electron chi connectivity index (χ0n) is 27.6. The van der Waals surface area contributed by atoms with Gasteiger partial charge in [0.1, 0.15) is 11.4 Å². The van der Waals surface area contributed by atoms with E-state index in [0.29, 0.717) is 25.4 Å². The van der Waals surface area contributed by atoms with Gasteiger partial charge in [0.25, 0.3) is 15.9 Å². The molecule has 0 spiro atoms. The Morgan fingerprint density at radius 3 is 2.57 bits per heavy atom. The van der Waals surface area contributed by atoms with Gasteiger partial charge in [-0.1, -0.05) is 12.1 Å². The van der Waals surface area contributed by atoms with Crippen LogP contribution in [0.3, 0.4) is 0 Å². The van der Waals surface area contributed by atoms with Gasteiger partial charge in [0, 0.05) is 50.2 Å². The summed E-state index contributed by atoms with van der Waals surface area (Å²) in [6.45, 7) is 10.9. The number of aliphatic hydroxyl groups is 1. The Morgan fingerprint density at radius 2 is 1.89 bits per heavy atom. The smallest absolute Gasteiger partial charge is 0.267 e. The molecule has 0 fully saturated rings. The van der Waals surface area contributed by atoms with Crippen LogP contribution in [0, 0.1) is 19.8 Å². The van der Waals surface area contributed by atoms with Crippen molar-refractivity contribution >= 4 is 21.6 Å². The quantitative estimate of drug-likeness (QED) is 0.339. The van der Waals surface area contributed by atoms with E-state index >= 15 is 0 Å². The monoisotopic (exact) mass is 657 g/mol. The highest BCUT2D eigenvalue weighted by Gasteiger charge is 2.31. The molecule has 0 saturated heterocycles. The molecule has 0 saturated carbocycles. The summed E-state index contributed by atoms with van der Waals surface area (Å²) in [6, 6.07) is 8.13. The number of aryl methyl sites for hydroxylation is 2. The zero-order chi connectivity index (χ0) is 33.4. The Bertz CT molecular complexity index is 1530. The molecule has 4 rings (SSSR count). The molecule has 1 amide bonds. The topological polar surface area (TPSA) is 147 Å². The van der Waals surface area contributed by atoms with Gasteiger partial charge < -0.3 is 24.0 Å². The summed E-state index contributed by atoms with van der Waals surface area (Å²) in [6.07, 6.45) is 5.65. The van der Waals surface area contributed by atoms with E-state index in [1.54, 1.807) is 43.3 Å². The number of nitrogens with zero attached hydrogens (tertiary/aromatic N) is 4. The molecule has 0 bridgehead atoms. The molecule has 1 aromatic carbocycles. The van der Waals surface area contributed by atoms with E-state index in [-0.39, 0.29) is 58.2 Å². The number of aliphatic hydroxyl groups excluding tert-OH is 1. The van der Waals surface area contributed by atoms with E-state index in [1.165, 1.54) is 13.0 Å². The SMILES string of the molecule is Cc1noc(C)c1S(=O)(=O)Nc1ccc2c(c1)C(=O)N([C@@H](C)CO)C[C@@H](C)[C@H](CN(C)Cc1ccncc1)OCCCC[C@H](C)O2. The van der Waals surface area contributed by atoms with Crippen LogP contribution in [0.2, 0.25) is 0 Å². The Morgan fingerprint density at radius 1 is 1.15 bits per heavy atom. The number of pyridine rings is 1. The molecule has 0 radical (unpaired) electrons. The molecule has 3 aromatic rings. The van der Waals surface area contributed by atoms with Crippen molar-refractivity contribution in [3.63, 3.8) is 0 Å². The van der Waals surface area contributed by atoms with Crippen LogP contribution in [0.4, 0.5) is 5.69 Å². The van der Waals surface area contributed by atoms with Crippen LogP contribution in [0.15, 0.2) is 52.1 Å². The fraction of sp³-hybridized carbons (Fsp3) is 0.545. The number of fused-ring (bicyclic) bond motifs is 1. The first-order valence-corrected chi connectivity index (χ1v) is 17.2. The largest absolute Gasteiger partial charge is 0.490 e. The second kappa shape index (κ2) is 15.9. The van der Waals surface area contributed by atoms with E-state index in [9.17, 15) is 18.3 Å². The van der Waals surface area contributed by atoms with Gasteiger partial charge >= 0.3 is 0 Å². The number of benzene rings is 1. The van der Waals surface area contributed by atoms with Gasteiger partial charge in [-0.05, 0) is 89.9 Å². The highest BCUT2D eigenvalue weighted by molar-refractivity contribution is 7.92. The molecule has 1 aliphatic rings. The lowest BCUT2D eigenvalue weighted by Gasteiger charge is -2.36. The number of ether oxygens (including phenoxy) is 2. The summed E-state index contributed by atoms with van der Waals surface area (Å²) in [5.74, 6) is 0.0411. The molecule has 13 heteroatoms. The van der Waals surface area contributed by atoms with Crippen LogP contribution in [0.5, 0.6) is 5.75 Å². The minimum absolute atomic E-state index is 0.0481. The molecule has 1 aliphatic heterocycles. The number of hydrogen-bond acceptors (Lipinski definition) is 10. The predicted octanol–water partition coefficient (Wildman–Crippen LogP) is 4.41. The predicted molar refractivity (Wildman–Crippen MR) is 174 cm³/mol. The van der Waals surface area contributed by atoms with Crippen molar-refractivity contribution < 1.29 is 32.3 Å². The van der Waals surface area contributed by atoms with Crippen molar-refractivity contribution in [2.45, 2.75) is 83.6 Å². The summed E-state index contributed by atoms with van der Waals surface area (Å²) in [4.78, 5) is 22.2. The lowest BCUT2D eigenvalue weighted by molar-refractivity contribution is -0.0177. The standard InChI is InChI=1S/C33H47N5O7S/c1-22-18-38(23(2)21-39)33(40)29-17-28(36-46(41,42)32-25(4)35-45-26(32)5)10-11-30(29)44-24(3)9-7-8-16-43-31(22)20-37(6)19-27-12-14-34-15-13-27/h10-15,17,22-24,31,36,39H,7-9,16,18-21H2,1-6H3/t22-,23+,24+,31+/m1/s1. The van der Waals surface area contributed by atoms with Crippen LogP contribution in [-0.4, -0.2) is 91.0 Å². The van der Waals surface area contributed by atoms with Gasteiger partial charge in [-0.15, -0.1) is 0 Å². The number of aromatic nitrogens is 2. The van der Waals surface area contributed by atoms with E-state index < -0.39 is 16.1 Å². The van der Waals surface area contributed by atoms with Gasteiger partial charge in [0.15, 0.2) is 10.7 Å². The molecule has 3 heterocycles. The van der Waals surface area contributed by atoms with Crippen molar-refractivity contribution in [2.75, 3.05) is 38.1 Å². The van der Waals surface area contributed by atoms with Gasteiger partial charge in [-0.2, -0.15) is 0 Å². The van der Waals surface area contributed by atoms with Gasteiger partial charge in [-0.25, -0.2) is 8.42 Å². The third-order valence-electron chi connectivity index (χ3n) is 8.23. The average molecular weight is 658 g/mol. The number of hydrogen-bond donors (Lipinski definition) is 2. The summed E-state index contributed by atoms with van der Waals surface area (Å²) in [5.41, 5.74) is 1.76. The molecule has 252 valence electrons. The van der Waals surface area contributed by atoms with Crippen LogP contribution in [0.25, 0.3) is 0 Å². The number of likely N-dealkylation sites (N-methyl/N-ethyl adjacent to an activating group) is 1. The molecule has 2 aromatic heterocycles. The number of carbonyl (C=O) groups is 1. The van der Waals surface area contributed by atoms with Crippen LogP contribution < -0.4 is 9.46 Å². The lowest BCUT2D eigenvalue weighted by atomic mass is 10.0. The third-order valence-corrected chi connectivity index (χ3v) is 9.86. The Balaban J connectivity index is 1.66. The van der Waals surface area contributed by atoms with Crippen molar-refractivity contribution in [3.8, 4) is 5.75 Å². The average Bonchev–Trinajstić information content (AvgIpc) is 3.37. The van der Waals surface area contributed by atoms with Gasteiger partial charge in [0.2, 0.25) is 0 Å². The number of rotatable bonds is 9. The van der Waals surface area contributed by atoms with Crippen LogP contribution in [0.1, 0.15) is 67.4 Å². The zero-order valence-corrected chi connectivity index (χ0v) is 28.4. The number of amides is 1. The third kappa shape index (κ3) is 9.05. The summed E-state index contributed by atoms with van der Waals surface area (Å²) >= 11 is 0. The minimum atomic E-state index is -4.06. The van der Waals surface area contributed by atoms with E-state index in [2.05, 4.69) is 26.7 Å². The van der Waals surface area contributed by atoms with Crippen molar-refractivity contribution in [1.82, 2.24) is 19.9 Å².